The van der Waals surface area contributed by atoms with Gasteiger partial charge in [-0.05, 0) is 49.1 Å². The van der Waals surface area contributed by atoms with Gasteiger partial charge < -0.3 is 9.47 Å². The minimum atomic E-state index is 0.126. The molecule has 2 atom stereocenters. The lowest BCUT2D eigenvalue weighted by Crippen LogP contribution is -2.34. The van der Waals surface area contributed by atoms with Crippen LogP contribution in [-0.2, 0) is 6.54 Å². The van der Waals surface area contributed by atoms with Crippen molar-refractivity contribution >= 4 is 16.9 Å². The zero-order chi connectivity index (χ0) is 19.8. The predicted octanol–water partition coefficient (Wildman–Crippen LogP) is 3.98. The van der Waals surface area contributed by atoms with Crippen LogP contribution in [0.3, 0.4) is 0 Å². The van der Waals surface area contributed by atoms with Gasteiger partial charge in [0.1, 0.15) is 0 Å². The van der Waals surface area contributed by atoms with E-state index >= 15 is 0 Å². The van der Waals surface area contributed by atoms with E-state index in [2.05, 4.69) is 44.9 Å². The van der Waals surface area contributed by atoms with Crippen molar-refractivity contribution in [2.24, 2.45) is 5.92 Å². The van der Waals surface area contributed by atoms with Gasteiger partial charge >= 0.3 is 0 Å². The maximum atomic E-state index is 12.9. The lowest BCUT2D eigenvalue weighted by atomic mass is 10.1. The number of aromatic nitrogens is 4. The van der Waals surface area contributed by atoms with Crippen molar-refractivity contribution < 1.29 is 4.79 Å². The molecule has 0 bridgehead atoms. The molecule has 1 aliphatic rings. The van der Waals surface area contributed by atoms with Gasteiger partial charge in [0, 0.05) is 36.5 Å². The fraction of sp³-hybridized carbons (Fsp3) is 0.261. The highest BCUT2D eigenvalue weighted by atomic mass is 16.2. The quantitative estimate of drug-likeness (QED) is 0.578. The highest BCUT2D eigenvalue weighted by Crippen LogP contribution is 2.28. The molecule has 1 fully saturated rings. The van der Waals surface area contributed by atoms with E-state index in [1.807, 2.05) is 54.0 Å². The minimum Gasteiger partial charge on any atom is -0.336 e. The summed E-state index contributed by atoms with van der Waals surface area (Å²) in [6.45, 7) is 3.79. The summed E-state index contributed by atoms with van der Waals surface area (Å²) < 4.78 is 2.21. The summed E-state index contributed by atoms with van der Waals surface area (Å²) in [7, 11) is 0. The van der Waals surface area contributed by atoms with Gasteiger partial charge in [0.05, 0.1) is 23.6 Å². The Morgan fingerprint density at radius 1 is 1.17 bits per heavy atom. The summed E-state index contributed by atoms with van der Waals surface area (Å²) in [6, 6.07) is 16.1. The van der Waals surface area contributed by atoms with Gasteiger partial charge in [-0.25, -0.2) is 4.98 Å². The third-order valence-corrected chi connectivity index (χ3v) is 5.85. The van der Waals surface area contributed by atoms with Gasteiger partial charge in [0.15, 0.2) is 0 Å². The van der Waals surface area contributed by atoms with Crippen molar-refractivity contribution in [2.75, 3.05) is 6.54 Å². The molecule has 0 saturated carbocycles. The van der Waals surface area contributed by atoms with Crippen molar-refractivity contribution in [3.63, 3.8) is 0 Å². The van der Waals surface area contributed by atoms with Crippen molar-refractivity contribution in [1.82, 2.24) is 24.6 Å². The molecular weight excluding hydrogens is 362 g/mol. The summed E-state index contributed by atoms with van der Waals surface area (Å²) in [6.07, 6.45) is 6.62. The second-order valence-electron chi connectivity index (χ2n) is 7.86. The Morgan fingerprint density at radius 3 is 2.83 bits per heavy atom. The monoisotopic (exact) mass is 385 g/mol. The van der Waals surface area contributed by atoms with Crippen LogP contribution in [0.15, 0.2) is 67.3 Å². The van der Waals surface area contributed by atoms with Crippen molar-refractivity contribution in [2.45, 2.75) is 25.9 Å². The molecular formula is C23H23N5O. The number of nitrogens with one attached hydrogen (secondary N) is 1. The first-order valence-electron chi connectivity index (χ1n) is 9.99. The number of imidazole rings is 1. The average molecular weight is 385 g/mol. The lowest BCUT2D eigenvalue weighted by molar-refractivity contribution is 0.0742. The molecule has 0 radical (unpaired) electrons. The van der Waals surface area contributed by atoms with Gasteiger partial charge in [-0.2, -0.15) is 5.10 Å². The first-order valence-corrected chi connectivity index (χ1v) is 9.99. The molecule has 29 heavy (non-hydrogen) atoms. The molecule has 1 N–H and O–H groups in total. The lowest BCUT2D eigenvalue weighted by Gasteiger charge is -2.21. The Kier molecular flexibility index (Phi) is 4.39. The van der Waals surface area contributed by atoms with Gasteiger partial charge in [-0.3, -0.25) is 9.89 Å². The Bertz CT molecular complexity index is 1130. The van der Waals surface area contributed by atoms with E-state index in [0.717, 1.165) is 47.2 Å². The van der Waals surface area contributed by atoms with Gasteiger partial charge in [0.2, 0.25) is 0 Å². The van der Waals surface area contributed by atoms with Crippen LogP contribution in [0.1, 0.15) is 23.7 Å². The number of hydrogen-bond donors (Lipinski definition) is 1. The topological polar surface area (TPSA) is 66.8 Å². The zero-order valence-electron chi connectivity index (χ0n) is 16.3. The van der Waals surface area contributed by atoms with Crippen LogP contribution in [0.5, 0.6) is 0 Å². The van der Waals surface area contributed by atoms with Crippen LogP contribution in [0.25, 0.3) is 22.2 Å². The Morgan fingerprint density at radius 2 is 2.03 bits per heavy atom. The van der Waals surface area contributed by atoms with E-state index in [1.54, 1.807) is 0 Å². The minimum absolute atomic E-state index is 0.126. The van der Waals surface area contributed by atoms with Crippen LogP contribution >= 0.6 is 0 Å². The van der Waals surface area contributed by atoms with E-state index in [1.165, 1.54) is 0 Å². The molecule has 6 heteroatoms. The summed E-state index contributed by atoms with van der Waals surface area (Å²) in [4.78, 5) is 19.5. The number of rotatable bonds is 4. The van der Waals surface area contributed by atoms with Crippen LogP contribution in [0, 0.1) is 5.92 Å². The summed E-state index contributed by atoms with van der Waals surface area (Å²) in [5, 5.41) is 6.87. The molecule has 4 aromatic rings. The standard InChI is InChI=1S/C23H23N5O/c1-16-9-17(14-28(16)23(29)18-5-3-2-4-6-18)13-27-15-24-21-10-19(7-8-22(21)27)20-11-25-26-12-20/h2-8,10-12,15-17H,9,13-14H2,1H3,(H,25,26)/t16-,17-/m0/s1. The van der Waals surface area contributed by atoms with E-state index in [0.29, 0.717) is 5.92 Å². The smallest absolute Gasteiger partial charge is 0.254 e. The predicted molar refractivity (Wildman–Crippen MR) is 112 cm³/mol. The molecule has 5 rings (SSSR count). The number of carbonyl (C=O) groups excluding carboxylic acids is 1. The number of amides is 1. The van der Waals surface area contributed by atoms with Crippen LogP contribution in [-0.4, -0.2) is 43.1 Å². The first-order chi connectivity index (χ1) is 14.2. The maximum Gasteiger partial charge on any atom is 0.254 e. The number of nitrogens with zero attached hydrogens (tertiary/aromatic N) is 4. The number of carbonyl (C=O) groups is 1. The number of fused-ring (bicyclic) bond motifs is 1. The van der Waals surface area contributed by atoms with E-state index in [9.17, 15) is 4.79 Å². The van der Waals surface area contributed by atoms with Crippen LogP contribution in [0.4, 0.5) is 0 Å². The highest BCUT2D eigenvalue weighted by molar-refractivity contribution is 5.94. The SMILES string of the molecule is C[C@H]1C[C@@H](Cn2cnc3cc(-c4cn[nH]c4)ccc32)CN1C(=O)c1ccccc1. The third kappa shape index (κ3) is 3.31. The summed E-state index contributed by atoms with van der Waals surface area (Å²) >= 11 is 0. The molecule has 1 aliphatic heterocycles. The normalized spacial score (nSPS) is 19.1. The summed E-state index contributed by atoms with van der Waals surface area (Å²) in [5.74, 6) is 0.546. The molecule has 3 heterocycles. The molecule has 6 nitrogen and oxygen atoms in total. The van der Waals surface area contributed by atoms with E-state index < -0.39 is 0 Å². The molecule has 0 spiro atoms. The molecule has 1 saturated heterocycles. The average Bonchev–Trinajstić information content (AvgIpc) is 3.49. The van der Waals surface area contributed by atoms with Gasteiger partial charge in [0.25, 0.3) is 5.91 Å². The highest BCUT2D eigenvalue weighted by Gasteiger charge is 2.33. The molecule has 0 aliphatic carbocycles. The van der Waals surface area contributed by atoms with Crippen molar-refractivity contribution in [3.8, 4) is 11.1 Å². The fourth-order valence-electron chi connectivity index (χ4n) is 4.38. The fourth-order valence-corrected chi connectivity index (χ4v) is 4.38. The number of benzene rings is 2. The van der Waals surface area contributed by atoms with Crippen LogP contribution < -0.4 is 0 Å². The molecule has 2 aromatic heterocycles. The largest absolute Gasteiger partial charge is 0.336 e. The molecule has 146 valence electrons. The number of hydrogen-bond acceptors (Lipinski definition) is 3. The third-order valence-electron chi connectivity index (χ3n) is 5.85. The Hall–Kier alpha value is -3.41. The zero-order valence-corrected chi connectivity index (χ0v) is 16.3. The summed E-state index contributed by atoms with van der Waals surface area (Å²) in [5.41, 5.74) is 5.02. The van der Waals surface area contributed by atoms with E-state index in [4.69, 9.17) is 0 Å². The van der Waals surface area contributed by atoms with E-state index in [-0.39, 0.29) is 11.9 Å². The number of likely N-dealkylation sites (tertiary alicyclic amines) is 1. The number of aromatic amines is 1. The van der Waals surface area contributed by atoms with Crippen LogP contribution in [0.2, 0.25) is 0 Å². The maximum absolute atomic E-state index is 12.9. The molecule has 1 amide bonds. The Balaban J connectivity index is 1.33. The number of H-pyrrole nitrogens is 1. The van der Waals surface area contributed by atoms with Crippen molar-refractivity contribution in [1.29, 1.82) is 0 Å². The second kappa shape index (κ2) is 7.20. The first kappa shape index (κ1) is 17.7. The van der Waals surface area contributed by atoms with Gasteiger partial charge in [-0.15, -0.1) is 0 Å². The second-order valence-corrected chi connectivity index (χ2v) is 7.86. The Labute approximate surface area is 169 Å². The van der Waals surface area contributed by atoms with Crippen molar-refractivity contribution in [3.05, 3.63) is 72.8 Å². The molecule has 0 unspecified atom stereocenters. The molecule has 2 aromatic carbocycles. The van der Waals surface area contributed by atoms with Gasteiger partial charge in [-0.1, -0.05) is 24.3 Å².